The van der Waals surface area contributed by atoms with E-state index in [4.69, 9.17) is 5.11 Å². The number of hydrogen-bond donors (Lipinski definition) is 2. The van der Waals surface area contributed by atoms with Gasteiger partial charge in [0, 0.05) is 12.5 Å². The van der Waals surface area contributed by atoms with Crippen LogP contribution in [0.25, 0.3) is 0 Å². The first-order valence-electron chi connectivity index (χ1n) is 3.51. The van der Waals surface area contributed by atoms with Crippen LogP contribution < -0.4 is 5.32 Å². The van der Waals surface area contributed by atoms with E-state index < -0.39 is 6.09 Å². The largest absolute Gasteiger partial charge is 0.465 e. The van der Waals surface area contributed by atoms with E-state index in [-0.39, 0.29) is 18.4 Å². The minimum absolute atomic E-state index is 0.149. The molecule has 0 heterocycles. The third-order valence-electron chi connectivity index (χ3n) is 1.46. The summed E-state index contributed by atoms with van der Waals surface area (Å²) in [7, 11) is 0. The van der Waals surface area contributed by atoms with Crippen LogP contribution in [0.3, 0.4) is 0 Å². The third kappa shape index (κ3) is 4.36. The maximum Gasteiger partial charge on any atom is 0.404 e. The summed E-state index contributed by atoms with van der Waals surface area (Å²) < 4.78 is 0. The zero-order valence-corrected chi connectivity index (χ0v) is 6.70. The van der Waals surface area contributed by atoms with Crippen molar-refractivity contribution in [2.75, 3.05) is 0 Å². The highest BCUT2D eigenvalue weighted by Crippen LogP contribution is 2.03. The number of aldehydes is 1. The first-order valence-corrected chi connectivity index (χ1v) is 3.51. The molecule has 1 amide bonds. The fourth-order valence-electron chi connectivity index (χ4n) is 0.760. The van der Waals surface area contributed by atoms with E-state index in [0.29, 0.717) is 0 Å². The van der Waals surface area contributed by atoms with Crippen LogP contribution in [0.15, 0.2) is 0 Å². The van der Waals surface area contributed by atoms with Crippen molar-refractivity contribution >= 4 is 12.4 Å². The Morgan fingerprint density at radius 3 is 2.45 bits per heavy atom. The van der Waals surface area contributed by atoms with Crippen molar-refractivity contribution in [2.24, 2.45) is 5.92 Å². The zero-order valence-electron chi connectivity index (χ0n) is 6.70. The molecule has 1 unspecified atom stereocenters. The van der Waals surface area contributed by atoms with E-state index in [1.807, 2.05) is 13.8 Å². The lowest BCUT2D eigenvalue weighted by Crippen LogP contribution is -2.37. The molecule has 0 saturated carbocycles. The number of nitrogens with one attached hydrogen (secondary N) is 1. The molecule has 4 nitrogen and oxygen atoms in total. The summed E-state index contributed by atoms with van der Waals surface area (Å²) in [5, 5.41) is 10.6. The molecule has 0 aromatic carbocycles. The number of carboxylic acid groups (broad SMARTS) is 1. The molecule has 11 heavy (non-hydrogen) atoms. The number of carbonyl (C=O) groups excluding carboxylic acids is 1. The second kappa shape index (κ2) is 4.71. The minimum Gasteiger partial charge on any atom is -0.465 e. The van der Waals surface area contributed by atoms with Gasteiger partial charge < -0.3 is 15.2 Å². The van der Waals surface area contributed by atoms with Crippen molar-refractivity contribution in [3.8, 4) is 0 Å². The van der Waals surface area contributed by atoms with E-state index in [9.17, 15) is 9.59 Å². The Kier molecular flexibility index (Phi) is 4.26. The Morgan fingerprint density at radius 1 is 1.64 bits per heavy atom. The lowest BCUT2D eigenvalue weighted by Gasteiger charge is -2.17. The van der Waals surface area contributed by atoms with Crippen LogP contribution in [0.2, 0.25) is 0 Å². The molecule has 0 aliphatic carbocycles. The quantitative estimate of drug-likeness (QED) is 0.598. The Hall–Kier alpha value is -1.06. The Labute approximate surface area is 65.6 Å². The number of hydrogen-bond acceptors (Lipinski definition) is 2. The molecule has 0 fully saturated rings. The lowest BCUT2D eigenvalue weighted by atomic mass is 10.0. The van der Waals surface area contributed by atoms with E-state index in [1.165, 1.54) is 0 Å². The Morgan fingerprint density at radius 2 is 2.18 bits per heavy atom. The summed E-state index contributed by atoms with van der Waals surface area (Å²) in [6.45, 7) is 3.73. The molecule has 0 saturated heterocycles. The molecule has 64 valence electrons. The predicted molar refractivity (Wildman–Crippen MR) is 40.5 cm³/mol. The topological polar surface area (TPSA) is 66.4 Å². The van der Waals surface area contributed by atoms with Gasteiger partial charge in [-0.05, 0) is 5.92 Å². The van der Waals surface area contributed by atoms with Gasteiger partial charge in [0.15, 0.2) is 0 Å². The van der Waals surface area contributed by atoms with Crippen LogP contribution in [0.1, 0.15) is 20.3 Å². The van der Waals surface area contributed by atoms with E-state index in [2.05, 4.69) is 5.32 Å². The standard InChI is InChI=1S/C7H13NO3/c1-5(2)6(3-4-9)8-7(10)11/h4-6,8H,3H2,1-2H3,(H,10,11). The van der Waals surface area contributed by atoms with Crippen molar-refractivity contribution in [3.05, 3.63) is 0 Å². The van der Waals surface area contributed by atoms with Gasteiger partial charge in [-0.15, -0.1) is 0 Å². The average Bonchev–Trinajstić information content (AvgIpc) is 1.86. The first kappa shape index (κ1) is 9.94. The molecule has 0 aromatic rings. The molecule has 0 spiro atoms. The maximum atomic E-state index is 10.2. The van der Waals surface area contributed by atoms with Crippen molar-refractivity contribution < 1.29 is 14.7 Å². The average molecular weight is 159 g/mol. The summed E-state index contributed by atoms with van der Waals surface area (Å²) in [6, 6.07) is -0.259. The van der Waals surface area contributed by atoms with Crippen LogP contribution in [-0.2, 0) is 4.79 Å². The van der Waals surface area contributed by atoms with Crippen LogP contribution in [0.5, 0.6) is 0 Å². The van der Waals surface area contributed by atoms with Crippen molar-refractivity contribution in [3.63, 3.8) is 0 Å². The SMILES string of the molecule is CC(C)C(CC=O)NC(=O)O. The van der Waals surface area contributed by atoms with E-state index >= 15 is 0 Å². The van der Waals surface area contributed by atoms with Gasteiger partial charge in [-0.2, -0.15) is 0 Å². The van der Waals surface area contributed by atoms with E-state index in [0.717, 1.165) is 6.29 Å². The van der Waals surface area contributed by atoms with Gasteiger partial charge in [0.25, 0.3) is 0 Å². The zero-order chi connectivity index (χ0) is 8.85. The van der Waals surface area contributed by atoms with Crippen molar-refractivity contribution in [1.29, 1.82) is 0 Å². The highest BCUT2D eigenvalue weighted by Gasteiger charge is 2.14. The molecule has 0 aromatic heterocycles. The first-order chi connectivity index (χ1) is 5.07. The summed E-state index contributed by atoms with van der Waals surface area (Å²) in [4.78, 5) is 20.2. The number of carbonyl (C=O) groups is 2. The van der Waals surface area contributed by atoms with Gasteiger partial charge in [0.1, 0.15) is 6.29 Å². The molecular weight excluding hydrogens is 146 g/mol. The van der Waals surface area contributed by atoms with Gasteiger partial charge in [0.2, 0.25) is 0 Å². The molecule has 0 aliphatic rings. The normalized spacial score (nSPS) is 12.6. The number of rotatable bonds is 4. The number of amides is 1. The lowest BCUT2D eigenvalue weighted by molar-refractivity contribution is -0.108. The highest BCUT2D eigenvalue weighted by molar-refractivity contribution is 5.65. The molecule has 4 heteroatoms. The molecule has 0 radical (unpaired) electrons. The molecule has 2 N–H and O–H groups in total. The summed E-state index contributed by atoms with van der Waals surface area (Å²) in [6.07, 6.45) is -0.115. The monoisotopic (exact) mass is 159 g/mol. The van der Waals surface area contributed by atoms with Crippen LogP contribution in [0.4, 0.5) is 4.79 Å². The smallest absolute Gasteiger partial charge is 0.404 e. The van der Waals surface area contributed by atoms with Crippen LogP contribution >= 0.6 is 0 Å². The molecule has 0 bridgehead atoms. The molecule has 0 rings (SSSR count). The van der Waals surface area contributed by atoms with E-state index in [1.54, 1.807) is 0 Å². The Balaban J connectivity index is 3.88. The fourth-order valence-corrected chi connectivity index (χ4v) is 0.760. The van der Waals surface area contributed by atoms with Gasteiger partial charge in [-0.3, -0.25) is 0 Å². The fraction of sp³-hybridized carbons (Fsp3) is 0.714. The van der Waals surface area contributed by atoms with Gasteiger partial charge in [0.05, 0.1) is 0 Å². The summed E-state index contributed by atoms with van der Waals surface area (Å²) in [5.74, 6) is 0.149. The second-order valence-electron chi connectivity index (χ2n) is 2.70. The van der Waals surface area contributed by atoms with Crippen LogP contribution in [0, 0.1) is 5.92 Å². The molecule has 1 atom stereocenters. The second-order valence-corrected chi connectivity index (χ2v) is 2.70. The maximum absolute atomic E-state index is 10.2. The predicted octanol–water partition coefficient (Wildman–Crippen LogP) is 0.868. The van der Waals surface area contributed by atoms with Crippen LogP contribution in [-0.4, -0.2) is 23.5 Å². The van der Waals surface area contributed by atoms with Gasteiger partial charge in [-0.1, -0.05) is 13.8 Å². The molecular formula is C7H13NO3. The van der Waals surface area contributed by atoms with Crippen molar-refractivity contribution in [2.45, 2.75) is 26.3 Å². The minimum atomic E-state index is -1.08. The summed E-state index contributed by atoms with van der Waals surface area (Å²) in [5.41, 5.74) is 0. The third-order valence-corrected chi connectivity index (χ3v) is 1.46. The van der Waals surface area contributed by atoms with Crippen molar-refractivity contribution in [1.82, 2.24) is 5.32 Å². The highest BCUT2D eigenvalue weighted by atomic mass is 16.4. The van der Waals surface area contributed by atoms with Gasteiger partial charge in [-0.25, -0.2) is 4.79 Å². The van der Waals surface area contributed by atoms with Gasteiger partial charge >= 0.3 is 6.09 Å². The molecule has 0 aliphatic heterocycles. The Bertz CT molecular complexity index is 145. The summed E-state index contributed by atoms with van der Waals surface area (Å²) >= 11 is 0.